The van der Waals surface area contributed by atoms with E-state index in [-0.39, 0.29) is 11.9 Å². The van der Waals surface area contributed by atoms with Gasteiger partial charge in [0.05, 0.1) is 6.04 Å². The quantitative estimate of drug-likeness (QED) is 0.659. The second-order valence-corrected chi connectivity index (χ2v) is 5.92. The molecule has 0 bridgehead atoms. The zero-order valence-electron chi connectivity index (χ0n) is 12.3. The molecule has 0 spiro atoms. The Bertz CT molecular complexity index is 615. The summed E-state index contributed by atoms with van der Waals surface area (Å²) in [4.78, 5) is 0. The molecule has 3 rings (SSSR count). The van der Waals surface area contributed by atoms with Crippen molar-refractivity contribution < 1.29 is 4.39 Å². The highest BCUT2D eigenvalue weighted by atomic mass is 19.1. The number of hydrazine groups is 1. The van der Waals surface area contributed by atoms with Gasteiger partial charge in [-0.15, -0.1) is 0 Å². The van der Waals surface area contributed by atoms with Gasteiger partial charge in [-0.3, -0.25) is 5.84 Å². The molecule has 0 radical (unpaired) electrons. The zero-order valence-corrected chi connectivity index (χ0v) is 12.3. The van der Waals surface area contributed by atoms with Gasteiger partial charge in [-0.25, -0.2) is 9.82 Å². The molecule has 3 heteroatoms. The number of nitrogens with two attached hydrogens (primary N) is 1. The Morgan fingerprint density at radius 2 is 1.95 bits per heavy atom. The lowest BCUT2D eigenvalue weighted by Gasteiger charge is -2.30. The van der Waals surface area contributed by atoms with E-state index in [1.165, 1.54) is 30.9 Å². The summed E-state index contributed by atoms with van der Waals surface area (Å²) in [5.41, 5.74) is 7.15. The summed E-state index contributed by atoms with van der Waals surface area (Å²) in [5.74, 6) is 6.19. The van der Waals surface area contributed by atoms with Gasteiger partial charge < -0.3 is 0 Å². The molecule has 1 atom stereocenters. The first-order valence-corrected chi connectivity index (χ1v) is 7.51. The number of nitrogens with one attached hydrogen (secondary N) is 1. The van der Waals surface area contributed by atoms with Crippen molar-refractivity contribution in [2.75, 3.05) is 0 Å². The lowest BCUT2D eigenvalue weighted by atomic mass is 9.76. The highest BCUT2D eigenvalue weighted by Crippen LogP contribution is 2.40. The van der Waals surface area contributed by atoms with E-state index in [9.17, 15) is 4.39 Å². The van der Waals surface area contributed by atoms with E-state index in [0.717, 1.165) is 16.7 Å². The van der Waals surface area contributed by atoms with Gasteiger partial charge in [0.2, 0.25) is 0 Å². The van der Waals surface area contributed by atoms with Crippen LogP contribution >= 0.6 is 0 Å². The number of halogens is 1. The number of benzene rings is 2. The third kappa shape index (κ3) is 2.85. The van der Waals surface area contributed by atoms with Gasteiger partial charge in [0.15, 0.2) is 0 Å². The highest BCUT2D eigenvalue weighted by molar-refractivity contribution is 5.41. The fraction of sp³-hybridized carbons (Fsp3) is 0.333. The van der Waals surface area contributed by atoms with E-state index < -0.39 is 0 Å². The van der Waals surface area contributed by atoms with Crippen LogP contribution in [0, 0.1) is 12.7 Å². The molecule has 1 aliphatic carbocycles. The fourth-order valence-corrected chi connectivity index (χ4v) is 3.16. The van der Waals surface area contributed by atoms with Crippen molar-refractivity contribution in [2.45, 2.75) is 38.1 Å². The molecular weight excluding hydrogens is 263 g/mol. The maximum absolute atomic E-state index is 13.7. The maximum Gasteiger partial charge on any atom is 0.123 e. The first-order valence-electron chi connectivity index (χ1n) is 7.51. The van der Waals surface area contributed by atoms with Crippen molar-refractivity contribution in [1.29, 1.82) is 0 Å². The number of aryl methyl sites for hydroxylation is 1. The Hall–Kier alpha value is -1.71. The van der Waals surface area contributed by atoms with Crippen LogP contribution in [0.3, 0.4) is 0 Å². The first-order chi connectivity index (χ1) is 10.2. The normalized spacial score (nSPS) is 16.5. The summed E-state index contributed by atoms with van der Waals surface area (Å²) in [6, 6.07) is 13.3. The summed E-state index contributed by atoms with van der Waals surface area (Å²) in [6.45, 7) is 1.90. The van der Waals surface area contributed by atoms with Crippen LogP contribution in [0.4, 0.5) is 4.39 Å². The lowest BCUT2D eigenvalue weighted by Crippen LogP contribution is -2.30. The molecule has 0 amide bonds. The molecular formula is C18H21FN2. The average Bonchev–Trinajstić information content (AvgIpc) is 2.38. The van der Waals surface area contributed by atoms with Gasteiger partial charge >= 0.3 is 0 Å². The molecule has 110 valence electrons. The van der Waals surface area contributed by atoms with Gasteiger partial charge in [-0.1, -0.05) is 36.8 Å². The van der Waals surface area contributed by atoms with Gasteiger partial charge in [0, 0.05) is 0 Å². The molecule has 0 aromatic heterocycles. The van der Waals surface area contributed by atoms with E-state index in [4.69, 9.17) is 5.84 Å². The minimum absolute atomic E-state index is 0.170. The molecule has 0 aliphatic heterocycles. The van der Waals surface area contributed by atoms with Crippen LogP contribution in [0.2, 0.25) is 0 Å². The lowest BCUT2D eigenvalue weighted by molar-refractivity contribution is 0.414. The molecule has 1 unspecified atom stereocenters. The van der Waals surface area contributed by atoms with Crippen molar-refractivity contribution in [3.8, 4) is 0 Å². The third-order valence-corrected chi connectivity index (χ3v) is 4.42. The smallest absolute Gasteiger partial charge is 0.123 e. The zero-order chi connectivity index (χ0) is 14.8. The number of hydrogen-bond acceptors (Lipinski definition) is 2. The Balaban J connectivity index is 2.03. The molecule has 3 N–H and O–H groups in total. The standard InChI is InChI=1S/C18H21FN2/c1-12-9-14(11-15(19)10-12)18(21-20)17-8-3-2-7-16(17)13-5-4-6-13/h2-3,7-11,13,18,21H,4-6,20H2,1H3. The molecule has 2 aromatic carbocycles. The van der Waals surface area contributed by atoms with Gasteiger partial charge in [0.25, 0.3) is 0 Å². The molecule has 2 aromatic rings. The molecule has 0 heterocycles. The predicted octanol–water partition coefficient (Wildman–Crippen LogP) is 3.95. The third-order valence-electron chi connectivity index (χ3n) is 4.42. The van der Waals surface area contributed by atoms with Gasteiger partial charge in [0.1, 0.15) is 5.82 Å². The second-order valence-electron chi connectivity index (χ2n) is 5.92. The molecule has 1 fully saturated rings. The maximum atomic E-state index is 13.7. The van der Waals surface area contributed by atoms with Crippen LogP contribution < -0.4 is 11.3 Å². The van der Waals surface area contributed by atoms with Crippen molar-refractivity contribution in [3.63, 3.8) is 0 Å². The van der Waals surface area contributed by atoms with Gasteiger partial charge in [-0.05, 0) is 60.1 Å². The van der Waals surface area contributed by atoms with Crippen LogP contribution in [-0.2, 0) is 0 Å². The van der Waals surface area contributed by atoms with E-state index in [1.54, 1.807) is 6.07 Å². The average molecular weight is 284 g/mol. The number of hydrogen-bond donors (Lipinski definition) is 2. The highest BCUT2D eigenvalue weighted by Gasteiger charge is 2.25. The summed E-state index contributed by atoms with van der Waals surface area (Å²) in [7, 11) is 0. The van der Waals surface area contributed by atoms with E-state index in [2.05, 4.69) is 23.6 Å². The van der Waals surface area contributed by atoms with Crippen molar-refractivity contribution in [3.05, 3.63) is 70.5 Å². The Morgan fingerprint density at radius 1 is 1.19 bits per heavy atom. The largest absolute Gasteiger partial charge is 0.271 e. The Labute approximate surface area is 125 Å². The predicted molar refractivity (Wildman–Crippen MR) is 83.3 cm³/mol. The molecule has 21 heavy (non-hydrogen) atoms. The Kier molecular flexibility index (Phi) is 4.04. The van der Waals surface area contributed by atoms with E-state index in [0.29, 0.717) is 5.92 Å². The minimum atomic E-state index is -0.216. The topological polar surface area (TPSA) is 38.0 Å². The summed E-state index contributed by atoms with van der Waals surface area (Å²) >= 11 is 0. The molecule has 1 saturated carbocycles. The van der Waals surface area contributed by atoms with Crippen LogP contribution in [0.1, 0.15) is 53.5 Å². The summed E-state index contributed by atoms with van der Waals surface area (Å²) in [5, 5.41) is 0. The van der Waals surface area contributed by atoms with Crippen molar-refractivity contribution >= 4 is 0 Å². The van der Waals surface area contributed by atoms with Crippen LogP contribution in [0.5, 0.6) is 0 Å². The number of rotatable bonds is 4. The molecule has 0 saturated heterocycles. The van der Waals surface area contributed by atoms with E-state index in [1.807, 2.05) is 19.1 Å². The SMILES string of the molecule is Cc1cc(F)cc(C(NN)c2ccccc2C2CCC2)c1. The Morgan fingerprint density at radius 3 is 2.57 bits per heavy atom. The minimum Gasteiger partial charge on any atom is -0.271 e. The van der Waals surface area contributed by atoms with E-state index >= 15 is 0 Å². The fourth-order valence-electron chi connectivity index (χ4n) is 3.16. The monoisotopic (exact) mass is 284 g/mol. The summed E-state index contributed by atoms with van der Waals surface area (Å²) in [6.07, 6.45) is 3.76. The molecule has 1 aliphatic rings. The van der Waals surface area contributed by atoms with Crippen LogP contribution in [0.15, 0.2) is 42.5 Å². The second kappa shape index (κ2) is 5.96. The van der Waals surface area contributed by atoms with Gasteiger partial charge in [-0.2, -0.15) is 0 Å². The van der Waals surface area contributed by atoms with Crippen LogP contribution in [-0.4, -0.2) is 0 Å². The molecule has 2 nitrogen and oxygen atoms in total. The van der Waals surface area contributed by atoms with Crippen LogP contribution in [0.25, 0.3) is 0 Å². The van der Waals surface area contributed by atoms with Crippen molar-refractivity contribution in [1.82, 2.24) is 5.43 Å². The first kappa shape index (κ1) is 14.2. The van der Waals surface area contributed by atoms with Crippen molar-refractivity contribution in [2.24, 2.45) is 5.84 Å². The summed E-state index contributed by atoms with van der Waals surface area (Å²) < 4.78 is 13.7.